The second kappa shape index (κ2) is 8.61. The van der Waals surface area contributed by atoms with E-state index in [0.29, 0.717) is 22.2 Å². The fraction of sp³-hybridized carbons (Fsp3) is 0.381. The van der Waals surface area contributed by atoms with Gasteiger partial charge in [-0.15, -0.1) is 11.3 Å². The third-order valence-electron chi connectivity index (χ3n) is 5.31. The van der Waals surface area contributed by atoms with Crippen molar-refractivity contribution in [2.45, 2.75) is 38.8 Å². The van der Waals surface area contributed by atoms with E-state index < -0.39 is 5.97 Å². The van der Waals surface area contributed by atoms with Crippen LogP contribution in [-0.2, 0) is 11.3 Å². The molecule has 1 atom stereocenters. The summed E-state index contributed by atoms with van der Waals surface area (Å²) in [7, 11) is 1.34. The van der Waals surface area contributed by atoms with E-state index in [9.17, 15) is 9.59 Å². The van der Waals surface area contributed by atoms with Crippen molar-refractivity contribution in [2.75, 3.05) is 19.0 Å². The highest BCUT2D eigenvalue weighted by Gasteiger charge is 2.23. The molecular weight excluding hydrogens is 406 g/mol. The SMILES string of the molecule is COC(=O)c1sc2nc(CN3CCCCC3C)ccc2c1NC(=O)c1ccsc1. The maximum atomic E-state index is 12.6. The highest BCUT2D eigenvalue weighted by Crippen LogP contribution is 2.36. The number of nitrogens with one attached hydrogen (secondary N) is 1. The van der Waals surface area contributed by atoms with Crippen LogP contribution in [0.2, 0.25) is 0 Å². The van der Waals surface area contributed by atoms with Gasteiger partial charge < -0.3 is 10.1 Å². The molecule has 8 heteroatoms. The molecule has 0 radical (unpaired) electrons. The number of pyridine rings is 1. The van der Waals surface area contributed by atoms with Crippen molar-refractivity contribution in [3.63, 3.8) is 0 Å². The first-order chi connectivity index (χ1) is 14.1. The number of carbonyl (C=O) groups excluding carboxylic acids is 2. The number of carbonyl (C=O) groups is 2. The number of methoxy groups -OCH3 is 1. The minimum atomic E-state index is -0.472. The van der Waals surface area contributed by atoms with Gasteiger partial charge in [0.2, 0.25) is 0 Å². The molecule has 4 rings (SSSR count). The average molecular weight is 430 g/mol. The largest absolute Gasteiger partial charge is 0.465 e. The van der Waals surface area contributed by atoms with Gasteiger partial charge in [-0.3, -0.25) is 9.69 Å². The normalized spacial score (nSPS) is 17.4. The molecule has 6 nitrogen and oxygen atoms in total. The van der Waals surface area contributed by atoms with Crippen LogP contribution in [0.1, 0.15) is 51.9 Å². The summed E-state index contributed by atoms with van der Waals surface area (Å²) in [5, 5.41) is 7.26. The zero-order valence-corrected chi connectivity index (χ0v) is 18.1. The Kier molecular flexibility index (Phi) is 5.94. The lowest BCUT2D eigenvalue weighted by molar-refractivity contribution is 0.0607. The fourth-order valence-corrected chi connectivity index (χ4v) is 5.35. The Morgan fingerprint density at radius 2 is 2.17 bits per heavy atom. The van der Waals surface area contributed by atoms with Gasteiger partial charge in [-0.25, -0.2) is 9.78 Å². The number of esters is 1. The topological polar surface area (TPSA) is 71.5 Å². The van der Waals surface area contributed by atoms with E-state index in [-0.39, 0.29) is 5.91 Å². The minimum absolute atomic E-state index is 0.248. The molecule has 0 saturated carbocycles. The number of anilines is 1. The molecule has 1 aliphatic heterocycles. The van der Waals surface area contributed by atoms with Crippen molar-refractivity contribution >= 4 is 50.5 Å². The van der Waals surface area contributed by atoms with E-state index in [1.165, 1.54) is 49.0 Å². The molecule has 29 heavy (non-hydrogen) atoms. The molecule has 0 aromatic carbocycles. The van der Waals surface area contributed by atoms with Gasteiger partial charge in [0, 0.05) is 23.4 Å². The number of hydrogen-bond donors (Lipinski definition) is 1. The second-order valence-electron chi connectivity index (χ2n) is 7.23. The Bertz CT molecular complexity index is 1030. The summed E-state index contributed by atoms with van der Waals surface area (Å²) >= 11 is 2.71. The second-order valence-corrected chi connectivity index (χ2v) is 9.01. The van der Waals surface area contributed by atoms with E-state index in [1.807, 2.05) is 17.5 Å². The highest BCUT2D eigenvalue weighted by molar-refractivity contribution is 7.21. The maximum Gasteiger partial charge on any atom is 0.350 e. The van der Waals surface area contributed by atoms with Gasteiger partial charge in [-0.05, 0) is 49.9 Å². The summed E-state index contributed by atoms with van der Waals surface area (Å²) in [6, 6.07) is 6.23. The monoisotopic (exact) mass is 429 g/mol. The highest BCUT2D eigenvalue weighted by atomic mass is 32.1. The molecule has 3 aromatic heterocycles. The van der Waals surface area contributed by atoms with Gasteiger partial charge in [0.15, 0.2) is 0 Å². The van der Waals surface area contributed by atoms with Gasteiger partial charge in [0.25, 0.3) is 5.91 Å². The fourth-order valence-electron chi connectivity index (χ4n) is 3.65. The number of piperidine rings is 1. The number of nitrogens with zero attached hydrogens (tertiary/aromatic N) is 2. The molecule has 4 heterocycles. The molecular formula is C21H23N3O3S2. The van der Waals surface area contributed by atoms with Crippen molar-refractivity contribution in [3.8, 4) is 0 Å². The molecule has 1 aliphatic rings. The number of fused-ring (bicyclic) bond motifs is 1. The van der Waals surface area contributed by atoms with Crippen molar-refractivity contribution < 1.29 is 14.3 Å². The Balaban J connectivity index is 1.66. The van der Waals surface area contributed by atoms with E-state index in [2.05, 4.69) is 17.1 Å². The number of thiophene rings is 2. The van der Waals surface area contributed by atoms with Crippen LogP contribution < -0.4 is 5.32 Å². The smallest absolute Gasteiger partial charge is 0.350 e. The van der Waals surface area contributed by atoms with Crippen molar-refractivity contribution in [1.29, 1.82) is 0 Å². The molecule has 3 aromatic rings. The molecule has 1 N–H and O–H groups in total. The van der Waals surface area contributed by atoms with Crippen LogP contribution in [-0.4, -0.2) is 41.5 Å². The number of amides is 1. The van der Waals surface area contributed by atoms with Crippen molar-refractivity contribution in [1.82, 2.24) is 9.88 Å². The van der Waals surface area contributed by atoms with Crippen LogP contribution in [0.5, 0.6) is 0 Å². The molecule has 1 fully saturated rings. The summed E-state index contributed by atoms with van der Waals surface area (Å²) in [5.41, 5.74) is 2.01. The molecule has 0 bridgehead atoms. The Hall–Kier alpha value is -2.29. The van der Waals surface area contributed by atoms with Crippen LogP contribution in [0.15, 0.2) is 29.0 Å². The Morgan fingerprint density at radius 3 is 2.90 bits per heavy atom. The zero-order chi connectivity index (χ0) is 20.4. The average Bonchev–Trinajstić information content (AvgIpc) is 3.38. The molecule has 1 unspecified atom stereocenters. The number of ether oxygens (including phenoxy) is 1. The summed E-state index contributed by atoms with van der Waals surface area (Å²) in [5.74, 6) is -0.720. The predicted octanol–water partition coefficient (Wildman–Crippen LogP) is 4.77. The van der Waals surface area contributed by atoms with Gasteiger partial charge >= 0.3 is 5.97 Å². The standard InChI is InChI=1S/C21H23N3O3S2/c1-13-5-3-4-9-24(13)11-15-6-7-16-17(23-19(25)14-8-10-28-12-14)18(21(26)27-2)29-20(16)22-15/h6-8,10,12-13H,3-5,9,11H2,1-2H3,(H,23,25). The van der Waals surface area contributed by atoms with Crippen molar-refractivity contribution in [3.05, 3.63) is 45.1 Å². The quantitative estimate of drug-likeness (QED) is 0.592. The molecule has 0 spiro atoms. The summed E-state index contributed by atoms with van der Waals surface area (Å²) in [6.07, 6.45) is 3.72. The maximum absolute atomic E-state index is 12.6. The molecule has 152 valence electrons. The minimum Gasteiger partial charge on any atom is -0.465 e. The van der Waals surface area contributed by atoms with Crippen LogP contribution in [0.3, 0.4) is 0 Å². The third kappa shape index (κ3) is 4.19. The van der Waals surface area contributed by atoms with Gasteiger partial charge in [-0.1, -0.05) is 6.42 Å². The summed E-state index contributed by atoms with van der Waals surface area (Å²) in [4.78, 5) is 33.2. The number of likely N-dealkylation sites (tertiary alicyclic amines) is 1. The van der Waals surface area contributed by atoms with Crippen LogP contribution in [0, 0.1) is 0 Å². The number of rotatable bonds is 5. The number of aromatic nitrogens is 1. The lowest BCUT2D eigenvalue weighted by Crippen LogP contribution is -2.36. The third-order valence-corrected chi connectivity index (χ3v) is 7.07. The first-order valence-electron chi connectivity index (χ1n) is 9.65. The predicted molar refractivity (Wildman–Crippen MR) is 117 cm³/mol. The molecule has 1 saturated heterocycles. The zero-order valence-electron chi connectivity index (χ0n) is 16.4. The Morgan fingerprint density at radius 1 is 1.31 bits per heavy atom. The van der Waals surface area contributed by atoms with Crippen LogP contribution in [0.4, 0.5) is 5.69 Å². The van der Waals surface area contributed by atoms with Gasteiger partial charge in [-0.2, -0.15) is 11.3 Å². The summed E-state index contributed by atoms with van der Waals surface area (Å²) < 4.78 is 4.93. The lowest BCUT2D eigenvalue weighted by atomic mass is 10.0. The number of hydrogen-bond acceptors (Lipinski definition) is 7. The van der Waals surface area contributed by atoms with E-state index in [0.717, 1.165) is 29.0 Å². The van der Waals surface area contributed by atoms with Gasteiger partial charge in [0.1, 0.15) is 9.71 Å². The van der Waals surface area contributed by atoms with Crippen LogP contribution >= 0.6 is 22.7 Å². The van der Waals surface area contributed by atoms with E-state index in [4.69, 9.17) is 9.72 Å². The first kappa shape index (κ1) is 20.0. The Labute approximate surface area is 177 Å². The first-order valence-corrected chi connectivity index (χ1v) is 11.4. The molecule has 1 amide bonds. The molecule has 0 aliphatic carbocycles. The van der Waals surface area contributed by atoms with E-state index >= 15 is 0 Å². The van der Waals surface area contributed by atoms with Gasteiger partial charge in [0.05, 0.1) is 24.1 Å². The van der Waals surface area contributed by atoms with Crippen LogP contribution in [0.25, 0.3) is 10.2 Å². The lowest BCUT2D eigenvalue weighted by Gasteiger charge is -2.32. The van der Waals surface area contributed by atoms with Crippen molar-refractivity contribution in [2.24, 2.45) is 0 Å². The summed E-state index contributed by atoms with van der Waals surface area (Å²) in [6.45, 7) is 4.14. The van der Waals surface area contributed by atoms with E-state index in [1.54, 1.807) is 11.4 Å².